The summed E-state index contributed by atoms with van der Waals surface area (Å²) in [5.41, 5.74) is 3.74. The van der Waals surface area contributed by atoms with Crippen molar-refractivity contribution in [2.24, 2.45) is 0 Å². The molecule has 0 bridgehead atoms. The van der Waals surface area contributed by atoms with Crippen LogP contribution >= 0.6 is 0 Å². The third-order valence-corrected chi connectivity index (χ3v) is 3.71. The number of nitrogens with one attached hydrogen (secondary N) is 1. The maximum atomic E-state index is 12.3. The van der Waals surface area contributed by atoms with Crippen LogP contribution in [0, 0.1) is 13.8 Å². The van der Waals surface area contributed by atoms with Crippen molar-refractivity contribution in [3.63, 3.8) is 0 Å². The highest BCUT2D eigenvalue weighted by atomic mass is 16.1. The molecular formula is C17H17N5O. The van der Waals surface area contributed by atoms with Crippen molar-refractivity contribution in [2.75, 3.05) is 0 Å². The maximum absolute atomic E-state index is 12.3. The lowest BCUT2D eigenvalue weighted by atomic mass is 10.1. The number of carbonyl (C=O) groups excluding carboxylic acids is 1. The number of hydrogen-bond donors (Lipinski definition) is 1. The van der Waals surface area contributed by atoms with E-state index in [0.717, 1.165) is 16.8 Å². The summed E-state index contributed by atoms with van der Waals surface area (Å²) in [6, 6.07) is 15.2. The largest absolute Gasteiger partial charge is 0.345 e. The van der Waals surface area contributed by atoms with Gasteiger partial charge in [-0.2, -0.15) is 4.68 Å². The third-order valence-electron chi connectivity index (χ3n) is 3.71. The summed E-state index contributed by atoms with van der Waals surface area (Å²) < 4.78 is 1.61. The molecule has 0 radical (unpaired) electrons. The Kier molecular flexibility index (Phi) is 4.14. The van der Waals surface area contributed by atoms with E-state index in [4.69, 9.17) is 0 Å². The lowest BCUT2D eigenvalue weighted by Crippen LogP contribution is -2.24. The summed E-state index contributed by atoms with van der Waals surface area (Å²) in [6.45, 7) is 4.26. The lowest BCUT2D eigenvalue weighted by molar-refractivity contribution is 0.0949. The molecule has 1 aromatic heterocycles. The second-order valence-electron chi connectivity index (χ2n) is 5.32. The summed E-state index contributed by atoms with van der Waals surface area (Å²) in [5, 5.41) is 14.5. The fraction of sp³-hybridized carbons (Fsp3) is 0.176. The van der Waals surface area contributed by atoms with Crippen molar-refractivity contribution in [1.82, 2.24) is 25.5 Å². The number of carbonyl (C=O) groups is 1. The predicted molar refractivity (Wildman–Crippen MR) is 86.2 cm³/mol. The quantitative estimate of drug-likeness (QED) is 0.802. The zero-order chi connectivity index (χ0) is 16.2. The molecule has 1 N–H and O–H groups in total. The van der Waals surface area contributed by atoms with Gasteiger partial charge in [0, 0.05) is 5.56 Å². The van der Waals surface area contributed by atoms with Crippen LogP contribution in [-0.2, 0) is 6.54 Å². The fourth-order valence-corrected chi connectivity index (χ4v) is 2.23. The second kappa shape index (κ2) is 6.39. The average molecular weight is 307 g/mol. The highest BCUT2D eigenvalue weighted by molar-refractivity contribution is 5.94. The molecule has 0 saturated heterocycles. The number of amides is 1. The molecule has 0 fully saturated rings. The molecule has 3 rings (SSSR count). The van der Waals surface area contributed by atoms with Crippen molar-refractivity contribution in [2.45, 2.75) is 20.4 Å². The summed E-state index contributed by atoms with van der Waals surface area (Å²) in [6.07, 6.45) is 0. The molecule has 116 valence electrons. The van der Waals surface area contributed by atoms with Crippen molar-refractivity contribution in [3.8, 4) is 5.69 Å². The van der Waals surface area contributed by atoms with E-state index in [-0.39, 0.29) is 12.5 Å². The van der Waals surface area contributed by atoms with Crippen LogP contribution in [0.5, 0.6) is 0 Å². The van der Waals surface area contributed by atoms with Gasteiger partial charge in [0.15, 0.2) is 5.82 Å². The van der Waals surface area contributed by atoms with E-state index in [0.29, 0.717) is 11.4 Å². The Balaban J connectivity index is 1.73. The molecule has 0 unspecified atom stereocenters. The van der Waals surface area contributed by atoms with Gasteiger partial charge in [0.2, 0.25) is 0 Å². The van der Waals surface area contributed by atoms with Gasteiger partial charge in [0.1, 0.15) is 0 Å². The third kappa shape index (κ3) is 3.26. The molecule has 6 nitrogen and oxygen atoms in total. The number of nitrogens with zero attached hydrogens (tertiary/aromatic N) is 4. The first-order valence-electron chi connectivity index (χ1n) is 7.33. The van der Waals surface area contributed by atoms with Crippen LogP contribution in [0.25, 0.3) is 5.69 Å². The first-order chi connectivity index (χ1) is 11.1. The van der Waals surface area contributed by atoms with Gasteiger partial charge in [0.25, 0.3) is 5.91 Å². The second-order valence-corrected chi connectivity index (χ2v) is 5.32. The van der Waals surface area contributed by atoms with Crippen LogP contribution in [0.4, 0.5) is 0 Å². The SMILES string of the molecule is Cc1ccc(C(=O)NCc2nnnn2-c2ccccc2)cc1C. The van der Waals surface area contributed by atoms with Crippen LogP contribution in [0.1, 0.15) is 27.3 Å². The molecule has 1 amide bonds. The predicted octanol–water partition coefficient (Wildman–Crippen LogP) is 2.21. The van der Waals surface area contributed by atoms with Crippen LogP contribution in [0.2, 0.25) is 0 Å². The van der Waals surface area contributed by atoms with E-state index >= 15 is 0 Å². The van der Waals surface area contributed by atoms with E-state index in [9.17, 15) is 4.79 Å². The monoisotopic (exact) mass is 307 g/mol. The number of tetrazole rings is 1. The Hall–Kier alpha value is -3.02. The van der Waals surface area contributed by atoms with Gasteiger partial charge in [0.05, 0.1) is 12.2 Å². The van der Waals surface area contributed by atoms with E-state index < -0.39 is 0 Å². The molecule has 6 heteroatoms. The summed E-state index contributed by atoms with van der Waals surface area (Å²) in [5.74, 6) is 0.434. The zero-order valence-electron chi connectivity index (χ0n) is 13.0. The van der Waals surface area contributed by atoms with E-state index in [1.54, 1.807) is 4.68 Å². The Morgan fingerprint density at radius 2 is 1.87 bits per heavy atom. The maximum Gasteiger partial charge on any atom is 0.251 e. The molecule has 0 aliphatic rings. The van der Waals surface area contributed by atoms with Crippen molar-refractivity contribution in [3.05, 3.63) is 71.0 Å². The number of para-hydroxylation sites is 1. The van der Waals surface area contributed by atoms with Crippen LogP contribution in [0.15, 0.2) is 48.5 Å². The summed E-state index contributed by atoms with van der Waals surface area (Å²) in [7, 11) is 0. The summed E-state index contributed by atoms with van der Waals surface area (Å²) in [4.78, 5) is 12.3. The topological polar surface area (TPSA) is 72.7 Å². The number of hydrogen-bond acceptors (Lipinski definition) is 4. The minimum absolute atomic E-state index is 0.143. The zero-order valence-corrected chi connectivity index (χ0v) is 13.0. The number of benzene rings is 2. The number of aromatic nitrogens is 4. The average Bonchev–Trinajstić information content (AvgIpc) is 3.04. The van der Waals surface area contributed by atoms with Crippen LogP contribution < -0.4 is 5.32 Å². The Morgan fingerprint density at radius 1 is 1.09 bits per heavy atom. The Bertz CT molecular complexity index is 826. The van der Waals surface area contributed by atoms with Gasteiger partial charge in [-0.15, -0.1) is 5.10 Å². The normalized spacial score (nSPS) is 10.5. The van der Waals surface area contributed by atoms with Gasteiger partial charge < -0.3 is 5.32 Å². The highest BCUT2D eigenvalue weighted by Gasteiger charge is 2.11. The molecular weight excluding hydrogens is 290 g/mol. The molecule has 2 aromatic carbocycles. The van der Waals surface area contributed by atoms with Gasteiger partial charge in [-0.3, -0.25) is 4.79 Å². The van der Waals surface area contributed by atoms with E-state index in [1.807, 2.05) is 62.4 Å². The fourth-order valence-electron chi connectivity index (χ4n) is 2.23. The first kappa shape index (κ1) is 14.9. The molecule has 0 atom stereocenters. The van der Waals surface area contributed by atoms with Gasteiger partial charge in [-0.1, -0.05) is 24.3 Å². The van der Waals surface area contributed by atoms with Gasteiger partial charge >= 0.3 is 0 Å². The van der Waals surface area contributed by atoms with E-state index in [2.05, 4.69) is 20.8 Å². The van der Waals surface area contributed by atoms with Crippen molar-refractivity contribution in [1.29, 1.82) is 0 Å². The molecule has 3 aromatic rings. The molecule has 0 aliphatic carbocycles. The van der Waals surface area contributed by atoms with Gasteiger partial charge in [-0.05, 0) is 59.7 Å². The highest BCUT2D eigenvalue weighted by Crippen LogP contribution is 2.10. The Morgan fingerprint density at radius 3 is 2.61 bits per heavy atom. The standard InChI is InChI=1S/C17H17N5O/c1-12-8-9-14(10-13(12)2)17(23)18-11-16-19-20-21-22(16)15-6-4-3-5-7-15/h3-10H,11H2,1-2H3,(H,18,23). The number of rotatable bonds is 4. The molecule has 23 heavy (non-hydrogen) atoms. The van der Waals surface area contributed by atoms with Gasteiger partial charge in [-0.25, -0.2) is 0 Å². The molecule has 0 aliphatic heterocycles. The first-order valence-corrected chi connectivity index (χ1v) is 7.33. The van der Waals surface area contributed by atoms with E-state index in [1.165, 1.54) is 0 Å². The minimum Gasteiger partial charge on any atom is -0.345 e. The molecule has 0 spiro atoms. The molecule has 1 heterocycles. The lowest BCUT2D eigenvalue weighted by Gasteiger charge is -2.08. The van der Waals surface area contributed by atoms with Crippen molar-refractivity contribution < 1.29 is 4.79 Å². The summed E-state index contributed by atoms with van der Waals surface area (Å²) >= 11 is 0. The van der Waals surface area contributed by atoms with Crippen LogP contribution in [0.3, 0.4) is 0 Å². The Labute approximate surface area is 134 Å². The number of aryl methyl sites for hydroxylation is 2. The van der Waals surface area contributed by atoms with Crippen molar-refractivity contribution >= 4 is 5.91 Å². The van der Waals surface area contributed by atoms with Crippen LogP contribution in [-0.4, -0.2) is 26.1 Å². The molecule has 0 saturated carbocycles. The minimum atomic E-state index is -0.143. The smallest absolute Gasteiger partial charge is 0.251 e.